The third kappa shape index (κ3) is 66.7. The van der Waals surface area contributed by atoms with Crippen molar-refractivity contribution in [1.82, 2.24) is 0 Å². The van der Waals surface area contributed by atoms with Crippen LogP contribution in [0.1, 0.15) is 364 Å². The lowest BCUT2D eigenvalue weighted by atomic mass is 10.0. The van der Waals surface area contributed by atoms with Gasteiger partial charge in [-0.25, -0.2) is 9.13 Å². The minimum Gasteiger partial charge on any atom is -0.462 e. The van der Waals surface area contributed by atoms with Crippen molar-refractivity contribution in [3.8, 4) is 0 Å². The average molecular weight is 1350 g/mol. The minimum absolute atomic E-state index is 0.103. The molecule has 0 aromatic carbocycles. The summed E-state index contributed by atoms with van der Waals surface area (Å²) < 4.78 is 68.4. The van der Waals surface area contributed by atoms with Gasteiger partial charge in [0.25, 0.3) is 0 Å². The van der Waals surface area contributed by atoms with Crippen LogP contribution in [0, 0.1) is 23.7 Å². The molecular formula is C73H142O17P2. The zero-order valence-electron chi connectivity index (χ0n) is 60.2. The van der Waals surface area contributed by atoms with Gasteiger partial charge in [0, 0.05) is 25.7 Å². The van der Waals surface area contributed by atoms with Gasteiger partial charge in [0.1, 0.15) is 19.3 Å². The first-order chi connectivity index (χ1) is 44.1. The number of hydrogen-bond acceptors (Lipinski definition) is 15. The Bertz CT molecular complexity index is 1820. The molecule has 0 fully saturated rings. The Hall–Kier alpha value is -1.94. The number of hydrogen-bond donors (Lipinski definition) is 3. The molecule has 3 N–H and O–H groups in total. The molecule has 92 heavy (non-hydrogen) atoms. The number of phosphoric ester groups is 2. The topological polar surface area (TPSA) is 237 Å². The minimum atomic E-state index is -4.96. The van der Waals surface area contributed by atoms with Gasteiger partial charge in [0.15, 0.2) is 12.2 Å². The largest absolute Gasteiger partial charge is 0.472 e. The molecule has 0 saturated carbocycles. The van der Waals surface area contributed by atoms with Crippen molar-refractivity contribution < 1.29 is 80.2 Å². The molecule has 0 aliphatic rings. The lowest BCUT2D eigenvalue weighted by Gasteiger charge is -2.21. The Morgan fingerprint density at radius 3 is 0.674 bits per heavy atom. The number of unbranched alkanes of at least 4 members (excludes halogenated alkanes) is 36. The first-order valence-corrected chi connectivity index (χ1v) is 40.7. The van der Waals surface area contributed by atoms with Crippen LogP contribution in [0.25, 0.3) is 0 Å². The first kappa shape index (κ1) is 90.1. The van der Waals surface area contributed by atoms with Gasteiger partial charge in [-0.1, -0.05) is 312 Å². The van der Waals surface area contributed by atoms with E-state index >= 15 is 0 Å². The molecule has 0 heterocycles. The maximum atomic E-state index is 13.1. The third-order valence-corrected chi connectivity index (χ3v) is 18.7. The van der Waals surface area contributed by atoms with Crippen molar-refractivity contribution in [1.29, 1.82) is 0 Å². The predicted molar refractivity (Wildman–Crippen MR) is 372 cm³/mol. The van der Waals surface area contributed by atoms with E-state index in [4.69, 9.17) is 37.0 Å². The third-order valence-electron chi connectivity index (χ3n) is 16.8. The highest BCUT2D eigenvalue weighted by atomic mass is 31.2. The standard InChI is InChI=1S/C73H142O17P2/c1-63(2)49-41-33-25-17-13-11-9-10-12-14-20-31-39-47-55-72(77)89-68(59-83-70(75)53-45-37-29-19-16-15-18-26-34-42-50-64(3)4)61-87-91(79,80)85-57-67(74)58-86-92(81,82)88-62-69(90-73(78)56-48-40-32-24-22-28-36-44-52-66(7)8)60-84-71(76)54-46-38-30-23-21-27-35-43-51-65(5)6/h63-69,74H,9-62H2,1-8H3,(H,79,80)(H,81,82)/t67?,68-,69-/m1/s1. The summed E-state index contributed by atoms with van der Waals surface area (Å²) in [5, 5.41) is 10.6. The molecule has 0 aliphatic carbocycles. The molecule has 0 aromatic heterocycles. The van der Waals surface area contributed by atoms with Crippen LogP contribution < -0.4 is 0 Å². The molecule has 0 rings (SSSR count). The number of carbonyl (C=O) groups excluding carboxylic acids is 4. The fraction of sp³-hybridized carbons (Fsp3) is 0.945. The molecule has 0 aromatic rings. The van der Waals surface area contributed by atoms with Gasteiger partial charge in [0.05, 0.1) is 26.4 Å². The second kappa shape index (κ2) is 62.6. The molecule has 0 bridgehead atoms. The summed E-state index contributed by atoms with van der Waals surface area (Å²) in [7, 11) is -9.91. The summed E-state index contributed by atoms with van der Waals surface area (Å²) in [4.78, 5) is 72.7. The molecule has 17 nitrogen and oxygen atoms in total. The van der Waals surface area contributed by atoms with Crippen molar-refractivity contribution in [2.45, 2.75) is 382 Å². The van der Waals surface area contributed by atoms with Crippen LogP contribution in [0.4, 0.5) is 0 Å². The Morgan fingerprint density at radius 1 is 0.272 bits per heavy atom. The molecule has 0 saturated heterocycles. The van der Waals surface area contributed by atoms with Gasteiger partial charge in [-0.15, -0.1) is 0 Å². The van der Waals surface area contributed by atoms with E-state index in [1.807, 2.05) is 0 Å². The molecule has 19 heteroatoms. The van der Waals surface area contributed by atoms with Crippen molar-refractivity contribution in [3.05, 3.63) is 0 Å². The number of esters is 4. The molecule has 0 spiro atoms. The highest BCUT2D eigenvalue weighted by Crippen LogP contribution is 2.45. The van der Waals surface area contributed by atoms with Crippen molar-refractivity contribution >= 4 is 39.5 Å². The summed E-state index contributed by atoms with van der Waals surface area (Å²) in [6.45, 7) is 14.1. The average Bonchev–Trinajstić information content (AvgIpc) is 3.07. The second-order valence-electron chi connectivity index (χ2n) is 28.2. The molecule has 546 valence electrons. The van der Waals surface area contributed by atoms with E-state index in [2.05, 4.69) is 55.4 Å². The summed E-state index contributed by atoms with van der Waals surface area (Å²) in [6, 6.07) is 0. The fourth-order valence-electron chi connectivity index (χ4n) is 11.0. The second-order valence-corrected chi connectivity index (χ2v) is 31.1. The molecule has 0 radical (unpaired) electrons. The van der Waals surface area contributed by atoms with E-state index in [0.717, 1.165) is 114 Å². The van der Waals surface area contributed by atoms with Crippen molar-refractivity contribution in [2.75, 3.05) is 39.6 Å². The zero-order chi connectivity index (χ0) is 68.2. The van der Waals surface area contributed by atoms with E-state index < -0.39 is 97.5 Å². The van der Waals surface area contributed by atoms with Crippen LogP contribution in [-0.2, 0) is 65.4 Å². The lowest BCUT2D eigenvalue weighted by Crippen LogP contribution is -2.30. The van der Waals surface area contributed by atoms with Gasteiger partial charge < -0.3 is 33.8 Å². The van der Waals surface area contributed by atoms with Crippen molar-refractivity contribution in [2.24, 2.45) is 23.7 Å². The number of rotatable bonds is 70. The molecular weight excluding hydrogens is 1210 g/mol. The Labute approximate surface area is 562 Å². The van der Waals surface area contributed by atoms with Gasteiger partial charge >= 0.3 is 39.5 Å². The summed E-state index contributed by atoms with van der Waals surface area (Å²) in [6.07, 6.45) is 45.9. The number of ether oxygens (including phenoxy) is 4. The Balaban J connectivity index is 5.25. The summed E-state index contributed by atoms with van der Waals surface area (Å²) in [5.41, 5.74) is 0. The first-order valence-electron chi connectivity index (χ1n) is 37.7. The van der Waals surface area contributed by atoms with Crippen LogP contribution in [-0.4, -0.2) is 96.7 Å². The summed E-state index contributed by atoms with van der Waals surface area (Å²) >= 11 is 0. The van der Waals surface area contributed by atoms with E-state index in [1.54, 1.807) is 0 Å². The highest BCUT2D eigenvalue weighted by molar-refractivity contribution is 7.47. The van der Waals surface area contributed by atoms with E-state index in [0.29, 0.717) is 25.7 Å². The lowest BCUT2D eigenvalue weighted by molar-refractivity contribution is -0.161. The predicted octanol–water partition coefficient (Wildman–Crippen LogP) is 20.9. The van der Waals surface area contributed by atoms with Gasteiger partial charge in [0.2, 0.25) is 0 Å². The fourth-order valence-corrected chi connectivity index (χ4v) is 12.6. The van der Waals surface area contributed by atoms with E-state index in [1.165, 1.54) is 167 Å². The molecule has 5 atom stereocenters. The van der Waals surface area contributed by atoms with E-state index in [9.17, 15) is 43.2 Å². The maximum absolute atomic E-state index is 13.1. The smallest absolute Gasteiger partial charge is 0.462 e. The van der Waals surface area contributed by atoms with Gasteiger partial charge in [-0.2, -0.15) is 0 Å². The number of phosphoric acid groups is 2. The van der Waals surface area contributed by atoms with Gasteiger partial charge in [-0.05, 0) is 49.4 Å². The highest BCUT2D eigenvalue weighted by Gasteiger charge is 2.30. The monoisotopic (exact) mass is 1350 g/mol. The quantitative estimate of drug-likeness (QED) is 0.0222. The molecule has 0 amide bonds. The van der Waals surface area contributed by atoms with Gasteiger partial charge in [-0.3, -0.25) is 37.3 Å². The van der Waals surface area contributed by atoms with E-state index in [-0.39, 0.29) is 25.7 Å². The van der Waals surface area contributed by atoms with Crippen LogP contribution in [0.15, 0.2) is 0 Å². The Kier molecular flexibility index (Phi) is 61.3. The zero-order valence-corrected chi connectivity index (χ0v) is 62.0. The number of carbonyl (C=O) groups is 4. The maximum Gasteiger partial charge on any atom is 0.472 e. The molecule has 0 aliphatic heterocycles. The van der Waals surface area contributed by atoms with Crippen LogP contribution in [0.2, 0.25) is 0 Å². The summed E-state index contributed by atoms with van der Waals surface area (Å²) in [5.74, 6) is 0.872. The van der Waals surface area contributed by atoms with Crippen LogP contribution >= 0.6 is 15.6 Å². The SMILES string of the molecule is CC(C)CCCCCCCCCCCCCCCCC(=O)O[C@H](COC(=O)CCCCCCCCCCCCC(C)C)COP(=O)(O)OCC(O)COP(=O)(O)OC[C@@H](COC(=O)CCCCCCCCCCC(C)C)OC(=O)CCCCCCCCCCC(C)C. The Morgan fingerprint density at radius 2 is 0.457 bits per heavy atom. The van der Waals surface area contributed by atoms with Crippen molar-refractivity contribution in [3.63, 3.8) is 0 Å². The van der Waals surface area contributed by atoms with Crippen LogP contribution in [0.5, 0.6) is 0 Å². The molecule has 3 unspecified atom stereocenters. The van der Waals surface area contributed by atoms with Crippen LogP contribution in [0.3, 0.4) is 0 Å². The number of aliphatic hydroxyl groups is 1. The number of aliphatic hydroxyl groups excluding tert-OH is 1. The normalized spacial score (nSPS) is 14.2.